The van der Waals surface area contributed by atoms with Gasteiger partial charge in [-0.05, 0) is 34.7 Å². The molecule has 27 heavy (non-hydrogen) atoms. The first-order chi connectivity index (χ1) is 12.5. The van der Waals surface area contributed by atoms with E-state index in [0.29, 0.717) is 13.0 Å². The fourth-order valence-corrected chi connectivity index (χ4v) is 4.73. The summed E-state index contributed by atoms with van der Waals surface area (Å²) in [7, 11) is 0. The van der Waals surface area contributed by atoms with E-state index in [2.05, 4.69) is 48.5 Å². The van der Waals surface area contributed by atoms with E-state index in [9.17, 15) is 4.79 Å². The molecule has 2 nitrogen and oxygen atoms in total. The summed E-state index contributed by atoms with van der Waals surface area (Å²) in [5, 5.41) is 0. The largest absolute Gasteiger partial charge is 0.461 e. The second-order valence-electron chi connectivity index (χ2n) is 10.0. The first-order valence-corrected chi connectivity index (χ1v) is 10.7. The maximum absolute atomic E-state index is 12.5. The van der Waals surface area contributed by atoms with E-state index in [0.717, 1.165) is 12.0 Å². The highest BCUT2D eigenvalue weighted by Gasteiger charge is 2.49. The van der Waals surface area contributed by atoms with Crippen molar-refractivity contribution in [3.8, 4) is 0 Å². The molecular formula is C25H42O2. The van der Waals surface area contributed by atoms with E-state index >= 15 is 0 Å². The van der Waals surface area contributed by atoms with Crippen LogP contribution in [-0.2, 0) is 16.1 Å². The summed E-state index contributed by atoms with van der Waals surface area (Å²) in [4.78, 5) is 12.5. The lowest BCUT2D eigenvalue weighted by Crippen LogP contribution is -2.46. The Hall–Kier alpha value is -1.31. The molecule has 2 heteroatoms. The highest BCUT2D eigenvalue weighted by molar-refractivity contribution is 5.69. The van der Waals surface area contributed by atoms with E-state index in [1.54, 1.807) is 0 Å². The smallest absolute Gasteiger partial charge is 0.306 e. The predicted octanol–water partition coefficient (Wildman–Crippen LogP) is 7.56. The van der Waals surface area contributed by atoms with Gasteiger partial charge in [0.15, 0.2) is 0 Å². The molecule has 0 atom stereocenters. The first-order valence-electron chi connectivity index (χ1n) is 10.7. The molecule has 0 aromatic heterocycles. The molecule has 0 saturated carbocycles. The average Bonchev–Trinajstić information content (AvgIpc) is 2.58. The zero-order valence-corrected chi connectivity index (χ0v) is 18.9. The van der Waals surface area contributed by atoms with Crippen LogP contribution in [0.3, 0.4) is 0 Å². The van der Waals surface area contributed by atoms with Crippen LogP contribution in [-0.4, -0.2) is 5.97 Å². The third kappa shape index (κ3) is 6.97. The molecule has 0 heterocycles. The lowest BCUT2D eigenvalue weighted by molar-refractivity contribution is -0.147. The van der Waals surface area contributed by atoms with Gasteiger partial charge in [0.2, 0.25) is 0 Å². The summed E-state index contributed by atoms with van der Waals surface area (Å²) in [6.45, 7) is 16.7. The molecule has 0 fully saturated rings. The summed E-state index contributed by atoms with van der Waals surface area (Å²) in [5.41, 5.74) is 1.43. The summed E-state index contributed by atoms with van der Waals surface area (Å²) >= 11 is 0. The molecule has 1 aromatic carbocycles. The Kier molecular flexibility index (Phi) is 9.05. The van der Waals surface area contributed by atoms with Gasteiger partial charge in [0, 0.05) is 6.42 Å². The number of hydrogen-bond acceptors (Lipinski definition) is 2. The van der Waals surface area contributed by atoms with E-state index in [-0.39, 0.29) is 22.2 Å². The van der Waals surface area contributed by atoms with Crippen LogP contribution >= 0.6 is 0 Å². The topological polar surface area (TPSA) is 26.3 Å². The minimum Gasteiger partial charge on any atom is -0.461 e. The van der Waals surface area contributed by atoms with Crippen molar-refractivity contribution < 1.29 is 9.53 Å². The Morgan fingerprint density at radius 3 is 1.96 bits per heavy atom. The first kappa shape index (κ1) is 23.7. The van der Waals surface area contributed by atoms with Gasteiger partial charge in [0.05, 0.1) is 0 Å². The fraction of sp³-hybridized carbons (Fsp3) is 0.720. The van der Waals surface area contributed by atoms with Crippen LogP contribution in [0.15, 0.2) is 30.3 Å². The van der Waals surface area contributed by atoms with Crippen LogP contribution in [0.1, 0.15) is 99.0 Å². The predicted molar refractivity (Wildman–Crippen MR) is 116 cm³/mol. The number of unbranched alkanes of at least 4 members (excludes halogenated alkanes) is 3. The van der Waals surface area contributed by atoms with Gasteiger partial charge in [0.1, 0.15) is 6.61 Å². The molecule has 0 unspecified atom stereocenters. The van der Waals surface area contributed by atoms with Crippen molar-refractivity contribution in [3.63, 3.8) is 0 Å². The Morgan fingerprint density at radius 2 is 1.44 bits per heavy atom. The standard InChI is InChI=1S/C25H42O2/c1-8-9-10-14-18-25(23(2,3)4,24(5,6)7)19-17-22(26)27-20-21-15-12-11-13-16-21/h11-13,15-16H,8-10,14,17-20H2,1-7H3. The van der Waals surface area contributed by atoms with Crippen molar-refractivity contribution in [3.05, 3.63) is 35.9 Å². The van der Waals surface area contributed by atoms with Crippen molar-refractivity contribution in [2.45, 2.75) is 100 Å². The van der Waals surface area contributed by atoms with Gasteiger partial charge < -0.3 is 4.74 Å². The molecule has 0 aliphatic carbocycles. The molecule has 0 saturated heterocycles. The summed E-state index contributed by atoms with van der Waals surface area (Å²) in [6, 6.07) is 9.92. The molecule has 0 aliphatic rings. The molecule has 1 aromatic rings. The Morgan fingerprint density at radius 1 is 0.852 bits per heavy atom. The number of esters is 1. The second kappa shape index (κ2) is 10.3. The quantitative estimate of drug-likeness (QED) is 0.312. The maximum Gasteiger partial charge on any atom is 0.306 e. The number of ether oxygens (including phenoxy) is 1. The summed E-state index contributed by atoms with van der Waals surface area (Å²) in [5.74, 6) is -0.0784. The highest BCUT2D eigenvalue weighted by Crippen LogP contribution is 2.57. The van der Waals surface area contributed by atoms with E-state index in [1.165, 1.54) is 32.1 Å². The highest BCUT2D eigenvalue weighted by atomic mass is 16.5. The molecule has 0 bridgehead atoms. The van der Waals surface area contributed by atoms with Gasteiger partial charge in [-0.25, -0.2) is 0 Å². The Balaban J connectivity index is 2.78. The van der Waals surface area contributed by atoms with Crippen molar-refractivity contribution >= 4 is 5.97 Å². The third-order valence-electron chi connectivity index (χ3n) is 6.33. The van der Waals surface area contributed by atoms with Gasteiger partial charge >= 0.3 is 5.97 Å². The van der Waals surface area contributed by atoms with Crippen LogP contribution in [0.25, 0.3) is 0 Å². The van der Waals surface area contributed by atoms with Gasteiger partial charge in [-0.3, -0.25) is 4.79 Å². The fourth-order valence-electron chi connectivity index (χ4n) is 4.73. The zero-order valence-electron chi connectivity index (χ0n) is 18.9. The van der Waals surface area contributed by atoms with Gasteiger partial charge in [-0.2, -0.15) is 0 Å². The van der Waals surface area contributed by atoms with Gasteiger partial charge in [-0.15, -0.1) is 0 Å². The molecule has 154 valence electrons. The van der Waals surface area contributed by atoms with Crippen molar-refractivity contribution in [1.82, 2.24) is 0 Å². The monoisotopic (exact) mass is 374 g/mol. The second-order valence-corrected chi connectivity index (χ2v) is 10.0. The summed E-state index contributed by atoms with van der Waals surface area (Å²) in [6.07, 6.45) is 7.62. The minimum atomic E-state index is -0.0784. The number of carbonyl (C=O) groups excluding carboxylic acids is 1. The third-order valence-corrected chi connectivity index (χ3v) is 6.33. The van der Waals surface area contributed by atoms with Crippen LogP contribution < -0.4 is 0 Å². The lowest BCUT2D eigenvalue weighted by Gasteiger charge is -2.54. The van der Waals surface area contributed by atoms with Crippen LogP contribution in [0, 0.1) is 16.2 Å². The van der Waals surface area contributed by atoms with Crippen LogP contribution in [0.4, 0.5) is 0 Å². The molecule has 0 spiro atoms. The number of hydrogen-bond donors (Lipinski definition) is 0. The van der Waals surface area contributed by atoms with Crippen molar-refractivity contribution in [2.75, 3.05) is 0 Å². The molecular weight excluding hydrogens is 332 g/mol. The van der Waals surface area contributed by atoms with Gasteiger partial charge in [0.25, 0.3) is 0 Å². The molecule has 0 aliphatic heterocycles. The average molecular weight is 375 g/mol. The van der Waals surface area contributed by atoms with E-state index in [4.69, 9.17) is 4.74 Å². The lowest BCUT2D eigenvalue weighted by atomic mass is 9.50. The number of benzene rings is 1. The Bertz CT molecular complexity index is 532. The molecule has 0 radical (unpaired) electrons. The molecule has 0 N–H and O–H groups in total. The number of carbonyl (C=O) groups is 1. The van der Waals surface area contributed by atoms with Crippen LogP contribution in [0.2, 0.25) is 0 Å². The van der Waals surface area contributed by atoms with Gasteiger partial charge in [-0.1, -0.05) is 104 Å². The SMILES string of the molecule is CCCCCCC(CCC(=O)OCc1ccccc1)(C(C)(C)C)C(C)(C)C. The molecule has 0 amide bonds. The molecule has 1 rings (SSSR count). The minimum absolute atomic E-state index is 0.0784. The van der Waals surface area contributed by atoms with E-state index < -0.39 is 0 Å². The Labute approximate surface area is 168 Å². The zero-order chi connectivity index (χ0) is 20.6. The number of rotatable bonds is 10. The normalized spacial score (nSPS) is 12.9. The van der Waals surface area contributed by atoms with Crippen LogP contribution in [0.5, 0.6) is 0 Å². The van der Waals surface area contributed by atoms with Crippen molar-refractivity contribution in [1.29, 1.82) is 0 Å². The maximum atomic E-state index is 12.5. The van der Waals surface area contributed by atoms with Crippen molar-refractivity contribution in [2.24, 2.45) is 16.2 Å². The van der Waals surface area contributed by atoms with E-state index in [1.807, 2.05) is 30.3 Å². The summed E-state index contributed by atoms with van der Waals surface area (Å²) < 4.78 is 5.55.